The maximum Gasteiger partial charge on any atom is 0.0587 e. The maximum atomic E-state index is 3.67. The van der Waals surface area contributed by atoms with Gasteiger partial charge < -0.3 is 5.32 Å². The minimum atomic E-state index is 0.247. The van der Waals surface area contributed by atoms with E-state index < -0.39 is 0 Å². The number of benzene rings is 2. The molecule has 1 atom stereocenters. The first-order chi connectivity index (χ1) is 9.76. The van der Waals surface area contributed by atoms with Crippen molar-refractivity contribution in [3.63, 3.8) is 0 Å². The van der Waals surface area contributed by atoms with Crippen LogP contribution in [-0.2, 0) is 6.42 Å². The quantitative estimate of drug-likeness (QED) is 0.776. The van der Waals surface area contributed by atoms with Gasteiger partial charge in [0.2, 0.25) is 0 Å². The lowest BCUT2D eigenvalue weighted by Crippen LogP contribution is -2.23. The normalized spacial score (nSPS) is 12.3. The van der Waals surface area contributed by atoms with Crippen LogP contribution in [0.1, 0.15) is 43.0 Å². The van der Waals surface area contributed by atoms with Gasteiger partial charge in [0.15, 0.2) is 0 Å². The van der Waals surface area contributed by atoms with E-state index in [0.29, 0.717) is 0 Å². The Morgan fingerprint density at radius 1 is 1.00 bits per heavy atom. The average molecular weight is 332 g/mol. The molecule has 1 unspecified atom stereocenters. The summed E-state index contributed by atoms with van der Waals surface area (Å²) in [4.78, 5) is 0. The molecule has 0 amide bonds. The van der Waals surface area contributed by atoms with Crippen LogP contribution in [0, 0.1) is 0 Å². The van der Waals surface area contributed by atoms with Crippen LogP contribution in [0.15, 0.2) is 53.0 Å². The number of aryl methyl sites for hydroxylation is 1. The van der Waals surface area contributed by atoms with Gasteiger partial charge in [0.05, 0.1) is 6.04 Å². The Hall–Kier alpha value is -1.12. The SMILES string of the molecule is CCCNC(c1ccc(CC)cc1)c1ccccc1Br. The molecule has 0 radical (unpaired) electrons. The van der Waals surface area contributed by atoms with Crippen LogP contribution in [0.3, 0.4) is 0 Å². The van der Waals surface area contributed by atoms with Crippen molar-refractivity contribution in [1.29, 1.82) is 0 Å². The van der Waals surface area contributed by atoms with Gasteiger partial charge in [0.1, 0.15) is 0 Å². The summed E-state index contributed by atoms with van der Waals surface area (Å²) in [5.74, 6) is 0. The molecule has 0 saturated heterocycles. The van der Waals surface area contributed by atoms with E-state index in [9.17, 15) is 0 Å². The van der Waals surface area contributed by atoms with Crippen molar-refractivity contribution in [2.24, 2.45) is 0 Å². The predicted octanol–water partition coefficient (Wildman–Crippen LogP) is 5.10. The van der Waals surface area contributed by atoms with E-state index in [-0.39, 0.29) is 6.04 Å². The van der Waals surface area contributed by atoms with E-state index in [0.717, 1.165) is 23.9 Å². The van der Waals surface area contributed by atoms with E-state index in [1.165, 1.54) is 16.7 Å². The summed E-state index contributed by atoms with van der Waals surface area (Å²) in [7, 11) is 0. The Morgan fingerprint density at radius 2 is 1.70 bits per heavy atom. The number of hydrogen-bond acceptors (Lipinski definition) is 1. The van der Waals surface area contributed by atoms with E-state index in [1.807, 2.05) is 0 Å². The van der Waals surface area contributed by atoms with Crippen LogP contribution in [0.25, 0.3) is 0 Å². The van der Waals surface area contributed by atoms with Crippen LogP contribution < -0.4 is 5.32 Å². The highest BCUT2D eigenvalue weighted by molar-refractivity contribution is 9.10. The molecule has 0 spiro atoms. The Morgan fingerprint density at radius 3 is 2.30 bits per heavy atom. The molecular formula is C18H22BrN. The zero-order valence-electron chi connectivity index (χ0n) is 12.2. The number of hydrogen-bond donors (Lipinski definition) is 1. The molecule has 106 valence electrons. The summed E-state index contributed by atoms with van der Waals surface area (Å²) < 4.78 is 1.16. The molecule has 2 heteroatoms. The summed E-state index contributed by atoms with van der Waals surface area (Å²) in [6.45, 7) is 5.40. The van der Waals surface area contributed by atoms with Gasteiger partial charge in [-0.05, 0) is 42.1 Å². The molecule has 0 saturated carbocycles. The van der Waals surface area contributed by atoms with Crippen LogP contribution in [0.2, 0.25) is 0 Å². The van der Waals surface area contributed by atoms with E-state index >= 15 is 0 Å². The molecule has 2 aromatic rings. The van der Waals surface area contributed by atoms with Gasteiger partial charge in [-0.3, -0.25) is 0 Å². The third kappa shape index (κ3) is 3.71. The molecule has 0 aliphatic rings. The molecule has 0 aliphatic heterocycles. The second kappa shape index (κ2) is 7.61. The Labute approximate surface area is 130 Å². The zero-order valence-corrected chi connectivity index (χ0v) is 13.8. The molecular weight excluding hydrogens is 310 g/mol. The van der Waals surface area contributed by atoms with E-state index in [1.54, 1.807) is 0 Å². The van der Waals surface area contributed by atoms with Gasteiger partial charge in [0.25, 0.3) is 0 Å². The number of halogens is 1. The van der Waals surface area contributed by atoms with Gasteiger partial charge >= 0.3 is 0 Å². The smallest absolute Gasteiger partial charge is 0.0587 e. The predicted molar refractivity (Wildman–Crippen MR) is 90.1 cm³/mol. The first-order valence-electron chi connectivity index (χ1n) is 7.33. The fourth-order valence-electron chi connectivity index (χ4n) is 2.35. The molecule has 20 heavy (non-hydrogen) atoms. The zero-order chi connectivity index (χ0) is 14.4. The Balaban J connectivity index is 2.33. The lowest BCUT2D eigenvalue weighted by Gasteiger charge is -2.21. The Kier molecular flexibility index (Phi) is 5.81. The maximum absolute atomic E-state index is 3.67. The van der Waals surface area contributed by atoms with Crippen molar-refractivity contribution in [2.45, 2.75) is 32.7 Å². The first-order valence-corrected chi connectivity index (χ1v) is 8.12. The molecule has 1 nitrogen and oxygen atoms in total. The fourth-order valence-corrected chi connectivity index (χ4v) is 2.86. The number of rotatable bonds is 6. The van der Waals surface area contributed by atoms with Crippen LogP contribution in [0.4, 0.5) is 0 Å². The highest BCUT2D eigenvalue weighted by Gasteiger charge is 2.15. The summed E-state index contributed by atoms with van der Waals surface area (Å²) in [5.41, 5.74) is 4.00. The van der Waals surface area contributed by atoms with Crippen molar-refractivity contribution in [1.82, 2.24) is 5.32 Å². The second-order valence-electron chi connectivity index (χ2n) is 5.00. The van der Waals surface area contributed by atoms with Crippen LogP contribution in [0.5, 0.6) is 0 Å². The number of nitrogens with one attached hydrogen (secondary N) is 1. The summed E-state index contributed by atoms with van der Waals surface area (Å²) in [5, 5.41) is 3.65. The fraction of sp³-hybridized carbons (Fsp3) is 0.333. The summed E-state index contributed by atoms with van der Waals surface area (Å²) in [6.07, 6.45) is 2.22. The molecule has 2 aromatic carbocycles. The molecule has 0 aliphatic carbocycles. The monoisotopic (exact) mass is 331 g/mol. The molecule has 0 bridgehead atoms. The lowest BCUT2D eigenvalue weighted by molar-refractivity contribution is 0.597. The lowest BCUT2D eigenvalue weighted by atomic mass is 9.97. The van der Waals surface area contributed by atoms with Gasteiger partial charge in [-0.2, -0.15) is 0 Å². The molecule has 0 aromatic heterocycles. The largest absolute Gasteiger partial charge is 0.306 e. The van der Waals surface area contributed by atoms with Crippen molar-refractivity contribution in [3.8, 4) is 0 Å². The van der Waals surface area contributed by atoms with Gasteiger partial charge in [-0.1, -0.05) is 72.2 Å². The highest BCUT2D eigenvalue weighted by Crippen LogP contribution is 2.28. The topological polar surface area (TPSA) is 12.0 Å². The summed E-state index contributed by atoms with van der Waals surface area (Å²) in [6, 6.07) is 17.6. The minimum Gasteiger partial charge on any atom is -0.306 e. The van der Waals surface area contributed by atoms with Gasteiger partial charge in [-0.25, -0.2) is 0 Å². The minimum absolute atomic E-state index is 0.247. The third-order valence-electron chi connectivity index (χ3n) is 3.54. The van der Waals surface area contributed by atoms with Crippen LogP contribution in [-0.4, -0.2) is 6.54 Å². The Bertz CT molecular complexity index is 533. The van der Waals surface area contributed by atoms with Crippen molar-refractivity contribution >= 4 is 15.9 Å². The molecule has 0 heterocycles. The van der Waals surface area contributed by atoms with E-state index in [2.05, 4.69) is 83.6 Å². The van der Waals surface area contributed by atoms with Crippen LogP contribution >= 0.6 is 15.9 Å². The first kappa shape index (κ1) is 15.3. The molecule has 1 N–H and O–H groups in total. The second-order valence-corrected chi connectivity index (χ2v) is 5.86. The van der Waals surface area contributed by atoms with E-state index in [4.69, 9.17) is 0 Å². The molecule has 2 rings (SSSR count). The van der Waals surface area contributed by atoms with Crippen molar-refractivity contribution in [2.75, 3.05) is 6.54 Å². The van der Waals surface area contributed by atoms with Crippen molar-refractivity contribution in [3.05, 3.63) is 69.7 Å². The summed E-state index contributed by atoms with van der Waals surface area (Å²) >= 11 is 3.67. The van der Waals surface area contributed by atoms with Gasteiger partial charge in [0, 0.05) is 4.47 Å². The van der Waals surface area contributed by atoms with Gasteiger partial charge in [-0.15, -0.1) is 0 Å². The van der Waals surface area contributed by atoms with Crippen molar-refractivity contribution < 1.29 is 0 Å². The average Bonchev–Trinajstić information content (AvgIpc) is 2.50. The standard InChI is InChI=1S/C18H22BrN/c1-3-13-20-18(16-7-5-6-8-17(16)19)15-11-9-14(4-2)10-12-15/h5-12,18,20H,3-4,13H2,1-2H3. The molecule has 0 fully saturated rings. The third-order valence-corrected chi connectivity index (χ3v) is 4.26. The highest BCUT2D eigenvalue weighted by atomic mass is 79.9.